The van der Waals surface area contributed by atoms with Crippen molar-refractivity contribution < 1.29 is 0 Å². The highest BCUT2D eigenvalue weighted by molar-refractivity contribution is 5.34. The number of rotatable bonds is 4. The Labute approximate surface area is 111 Å². The Morgan fingerprint density at radius 3 is 2.44 bits per heavy atom. The summed E-state index contributed by atoms with van der Waals surface area (Å²) in [5.41, 5.74) is 3.91. The Hall–Kier alpha value is -1.74. The Bertz CT molecular complexity index is 460. The predicted octanol–water partition coefficient (Wildman–Crippen LogP) is 5.12. The van der Waals surface area contributed by atoms with E-state index in [1.165, 1.54) is 11.1 Å². The highest BCUT2D eigenvalue weighted by Crippen LogP contribution is 2.07. The van der Waals surface area contributed by atoms with Crippen molar-refractivity contribution in [2.24, 2.45) is 0 Å². The van der Waals surface area contributed by atoms with Crippen LogP contribution in [0, 0.1) is 11.8 Å². The molecule has 0 aliphatic heterocycles. The third-order valence-electron chi connectivity index (χ3n) is 2.65. The summed E-state index contributed by atoms with van der Waals surface area (Å²) in [6.07, 6.45) is 7.63. The van der Waals surface area contributed by atoms with Gasteiger partial charge in [0, 0.05) is 12.0 Å². The molecule has 0 nitrogen and oxygen atoms in total. The second kappa shape index (κ2) is 8.37. The Morgan fingerprint density at radius 1 is 1.06 bits per heavy atom. The van der Waals surface area contributed by atoms with Gasteiger partial charge in [0.2, 0.25) is 0 Å². The van der Waals surface area contributed by atoms with Crippen LogP contribution in [0.5, 0.6) is 0 Å². The van der Waals surface area contributed by atoms with Gasteiger partial charge in [0.1, 0.15) is 0 Å². The minimum atomic E-state index is 0.843. The summed E-state index contributed by atoms with van der Waals surface area (Å²) >= 11 is 0. The highest BCUT2D eigenvalue weighted by Gasteiger charge is 1.87. The first-order chi connectivity index (χ1) is 8.68. The Balaban J connectivity index is 2.36. The molecule has 0 aliphatic carbocycles. The summed E-state index contributed by atoms with van der Waals surface area (Å²) in [5.74, 6) is 6.36. The molecule has 0 unspecified atom stereocenters. The zero-order valence-corrected chi connectivity index (χ0v) is 11.7. The Kier molecular flexibility index (Phi) is 6.66. The summed E-state index contributed by atoms with van der Waals surface area (Å²) in [6.45, 7) is 6.47. The van der Waals surface area contributed by atoms with Crippen LogP contribution >= 0.6 is 0 Å². The van der Waals surface area contributed by atoms with E-state index in [2.05, 4.69) is 44.8 Å². The SMILES string of the molecule is CC(C)=CCC/C(C)=C/CC#Cc1ccccc1. The maximum Gasteiger partial charge on any atom is 0.0276 e. The number of hydrogen-bond acceptors (Lipinski definition) is 0. The second-order valence-corrected chi connectivity index (χ2v) is 4.74. The van der Waals surface area contributed by atoms with Crippen LogP contribution in [0.3, 0.4) is 0 Å². The first kappa shape index (κ1) is 14.3. The molecule has 0 N–H and O–H groups in total. The molecule has 0 fully saturated rings. The zero-order chi connectivity index (χ0) is 13.2. The fourth-order valence-corrected chi connectivity index (χ4v) is 1.59. The normalized spacial score (nSPS) is 10.5. The molecule has 0 aliphatic rings. The molecule has 18 heavy (non-hydrogen) atoms. The molecule has 0 aromatic heterocycles. The molecule has 1 aromatic carbocycles. The monoisotopic (exact) mass is 238 g/mol. The molecule has 1 aromatic rings. The lowest BCUT2D eigenvalue weighted by molar-refractivity contribution is 0.959. The summed E-state index contributed by atoms with van der Waals surface area (Å²) in [4.78, 5) is 0. The highest BCUT2D eigenvalue weighted by atomic mass is 13.9. The summed E-state index contributed by atoms with van der Waals surface area (Å²) in [7, 11) is 0. The predicted molar refractivity (Wildman–Crippen MR) is 80.4 cm³/mol. The summed E-state index contributed by atoms with van der Waals surface area (Å²) in [6, 6.07) is 10.1. The van der Waals surface area contributed by atoms with Crippen LogP contribution < -0.4 is 0 Å². The van der Waals surface area contributed by atoms with Crippen LogP contribution in [0.2, 0.25) is 0 Å². The van der Waals surface area contributed by atoms with E-state index in [1.807, 2.05) is 30.3 Å². The molecule has 1 rings (SSSR count). The summed E-state index contributed by atoms with van der Waals surface area (Å²) < 4.78 is 0. The third-order valence-corrected chi connectivity index (χ3v) is 2.65. The Morgan fingerprint density at radius 2 is 1.78 bits per heavy atom. The summed E-state index contributed by atoms with van der Waals surface area (Å²) in [5, 5.41) is 0. The van der Waals surface area contributed by atoms with E-state index in [-0.39, 0.29) is 0 Å². The first-order valence-electron chi connectivity index (χ1n) is 6.51. The van der Waals surface area contributed by atoms with Crippen molar-refractivity contribution in [3.05, 3.63) is 59.2 Å². The minimum absolute atomic E-state index is 0.843. The van der Waals surface area contributed by atoms with Crippen molar-refractivity contribution in [1.29, 1.82) is 0 Å². The number of benzene rings is 1. The fourth-order valence-electron chi connectivity index (χ4n) is 1.59. The van der Waals surface area contributed by atoms with E-state index in [9.17, 15) is 0 Å². The van der Waals surface area contributed by atoms with E-state index in [4.69, 9.17) is 0 Å². The second-order valence-electron chi connectivity index (χ2n) is 4.74. The molecular weight excluding hydrogens is 216 g/mol. The van der Waals surface area contributed by atoms with Gasteiger partial charge in [0.05, 0.1) is 0 Å². The van der Waals surface area contributed by atoms with E-state index in [0.717, 1.165) is 24.8 Å². The number of hydrogen-bond donors (Lipinski definition) is 0. The smallest absolute Gasteiger partial charge is 0.0276 e. The maximum atomic E-state index is 3.19. The standard InChI is InChI=1S/C18H22/c1-16(2)10-9-12-17(3)11-7-8-15-18-13-5-4-6-14-18/h4-6,10-11,13-14H,7,9,12H2,1-3H3/b17-11+. The molecule has 0 saturated carbocycles. The van der Waals surface area contributed by atoms with Crippen LogP contribution in [0.1, 0.15) is 45.6 Å². The van der Waals surface area contributed by atoms with Crippen molar-refractivity contribution >= 4 is 0 Å². The van der Waals surface area contributed by atoms with E-state index >= 15 is 0 Å². The molecular formula is C18H22. The largest absolute Gasteiger partial charge is 0.0937 e. The van der Waals surface area contributed by atoms with Gasteiger partial charge in [-0.25, -0.2) is 0 Å². The number of allylic oxidation sites excluding steroid dienone is 4. The van der Waals surface area contributed by atoms with Gasteiger partial charge < -0.3 is 0 Å². The topological polar surface area (TPSA) is 0 Å². The van der Waals surface area contributed by atoms with E-state index in [1.54, 1.807) is 0 Å². The van der Waals surface area contributed by atoms with Gasteiger partial charge in [-0.3, -0.25) is 0 Å². The van der Waals surface area contributed by atoms with Crippen LogP contribution in [-0.2, 0) is 0 Å². The molecule has 0 heteroatoms. The van der Waals surface area contributed by atoms with Gasteiger partial charge in [-0.05, 0) is 45.7 Å². The third kappa shape index (κ3) is 6.76. The molecule has 0 bridgehead atoms. The lowest BCUT2D eigenvalue weighted by atomic mass is 10.1. The van der Waals surface area contributed by atoms with Crippen LogP contribution in [0.25, 0.3) is 0 Å². The molecule has 0 amide bonds. The minimum Gasteiger partial charge on any atom is -0.0937 e. The van der Waals surface area contributed by atoms with E-state index < -0.39 is 0 Å². The average Bonchev–Trinajstić information content (AvgIpc) is 2.35. The fraction of sp³-hybridized carbons (Fsp3) is 0.333. The average molecular weight is 238 g/mol. The van der Waals surface area contributed by atoms with Gasteiger partial charge in [0.25, 0.3) is 0 Å². The quantitative estimate of drug-likeness (QED) is 0.504. The van der Waals surface area contributed by atoms with Gasteiger partial charge in [-0.15, -0.1) is 0 Å². The lowest BCUT2D eigenvalue weighted by Gasteiger charge is -1.96. The van der Waals surface area contributed by atoms with Gasteiger partial charge in [-0.2, -0.15) is 0 Å². The molecule has 0 spiro atoms. The lowest BCUT2D eigenvalue weighted by Crippen LogP contribution is -1.77. The van der Waals surface area contributed by atoms with Crippen molar-refractivity contribution in [3.63, 3.8) is 0 Å². The first-order valence-corrected chi connectivity index (χ1v) is 6.51. The molecule has 94 valence electrons. The molecule has 0 atom stereocenters. The van der Waals surface area contributed by atoms with Crippen LogP contribution in [0.15, 0.2) is 53.6 Å². The van der Waals surface area contributed by atoms with Crippen molar-refractivity contribution in [3.8, 4) is 11.8 Å². The molecule has 0 heterocycles. The van der Waals surface area contributed by atoms with Gasteiger partial charge in [0.15, 0.2) is 0 Å². The maximum absolute atomic E-state index is 3.19. The molecule has 0 saturated heterocycles. The van der Waals surface area contributed by atoms with Gasteiger partial charge >= 0.3 is 0 Å². The van der Waals surface area contributed by atoms with Crippen molar-refractivity contribution in [2.75, 3.05) is 0 Å². The van der Waals surface area contributed by atoms with E-state index in [0.29, 0.717) is 0 Å². The van der Waals surface area contributed by atoms with Crippen molar-refractivity contribution in [2.45, 2.75) is 40.0 Å². The zero-order valence-electron chi connectivity index (χ0n) is 11.7. The van der Waals surface area contributed by atoms with Gasteiger partial charge in [-0.1, -0.05) is 53.3 Å². The molecule has 0 radical (unpaired) electrons. The van der Waals surface area contributed by atoms with Crippen LogP contribution in [0.4, 0.5) is 0 Å². The van der Waals surface area contributed by atoms with Crippen molar-refractivity contribution in [1.82, 2.24) is 0 Å². The van der Waals surface area contributed by atoms with Crippen LogP contribution in [-0.4, -0.2) is 0 Å².